The number of ether oxygens (including phenoxy) is 1. The minimum absolute atomic E-state index is 0.0912. The van der Waals surface area contributed by atoms with Crippen molar-refractivity contribution in [3.63, 3.8) is 0 Å². The van der Waals surface area contributed by atoms with Crippen LogP contribution in [-0.2, 0) is 23.5 Å². The quantitative estimate of drug-likeness (QED) is 0.259. The van der Waals surface area contributed by atoms with E-state index in [2.05, 4.69) is 47.1 Å². The van der Waals surface area contributed by atoms with Crippen molar-refractivity contribution in [3.8, 4) is 0 Å². The average molecular weight is 710 g/mol. The van der Waals surface area contributed by atoms with Gasteiger partial charge in [0.25, 0.3) is 0 Å². The standard InChI is InChI=1S/C27H24Br2F6N4O2/c1-3-18-12-21(19-11-17(28)5-6-23(19)39(18)25(40)41-4-2)37-24-36-13-20(29)22(38-24)9-14-7-15(26(30,31)32)10-16(8-14)27(33,34)35/h5-8,10-11,13,18,21H,3-4,9,12H2,1-2H3,(H,36,37,38). The Balaban J connectivity index is 1.68. The normalized spacial score (nSPS) is 17.3. The Morgan fingerprint density at radius 3 is 2.29 bits per heavy atom. The predicted molar refractivity (Wildman–Crippen MR) is 148 cm³/mol. The van der Waals surface area contributed by atoms with Crippen molar-refractivity contribution < 1.29 is 35.9 Å². The third-order valence-corrected chi connectivity index (χ3v) is 7.73. The number of aromatic nitrogens is 2. The van der Waals surface area contributed by atoms with Crippen LogP contribution in [0.4, 0.5) is 42.8 Å². The maximum atomic E-state index is 13.4. The highest BCUT2D eigenvalue weighted by Crippen LogP contribution is 2.42. The molecule has 14 heteroatoms. The number of benzene rings is 2. The lowest BCUT2D eigenvalue weighted by Gasteiger charge is -2.40. The Bertz CT molecular complexity index is 1400. The lowest BCUT2D eigenvalue weighted by atomic mass is 9.90. The Labute approximate surface area is 248 Å². The van der Waals surface area contributed by atoms with Gasteiger partial charge < -0.3 is 10.1 Å². The second kappa shape index (κ2) is 12.2. The van der Waals surface area contributed by atoms with E-state index in [1.54, 1.807) is 24.0 Å². The Morgan fingerprint density at radius 2 is 1.71 bits per heavy atom. The van der Waals surface area contributed by atoms with Crippen LogP contribution in [0.25, 0.3) is 0 Å². The summed E-state index contributed by atoms with van der Waals surface area (Å²) in [5, 5.41) is 3.24. The average Bonchev–Trinajstić information content (AvgIpc) is 2.89. The van der Waals surface area contributed by atoms with Crippen LogP contribution in [0.3, 0.4) is 0 Å². The minimum atomic E-state index is -4.96. The van der Waals surface area contributed by atoms with Gasteiger partial charge in [0.15, 0.2) is 0 Å². The summed E-state index contributed by atoms with van der Waals surface area (Å²) in [6.07, 6.45) is -8.22. The summed E-state index contributed by atoms with van der Waals surface area (Å²) in [4.78, 5) is 23.1. The Morgan fingerprint density at radius 1 is 1.05 bits per heavy atom. The first kappa shape index (κ1) is 31.1. The van der Waals surface area contributed by atoms with E-state index in [1.807, 2.05) is 13.0 Å². The molecule has 0 radical (unpaired) electrons. The van der Waals surface area contributed by atoms with E-state index in [0.29, 0.717) is 35.1 Å². The summed E-state index contributed by atoms with van der Waals surface area (Å²) in [6.45, 7) is 3.88. The molecule has 0 saturated carbocycles. The van der Waals surface area contributed by atoms with Gasteiger partial charge in [-0.3, -0.25) is 4.90 Å². The zero-order valence-electron chi connectivity index (χ0n) is 21.7. The van der Waals surface area contributed by atoms with Crippen molar-refractivity contribution in [2.24, 2.45) is 0 Å². The fraction of sp³-hybridized carbons (Fsp3) is 0.370. The lowest BCUT2D eigenvalue weighted by Crippen LogP contribution is -2.46. The molecule has 1 aromatic heterocycles. The number of anilines is 2. The molecular weight excluding hydrogens is 686 g/mol. The minimum Gasteiger partial charge on any atom is -0.449 e. The molecule has 220 valence electrons. The highest BCUT2D eigenvalue weighted by atomic mass is 79.9. The van der Waals surface area contributed by atoms with Crippen molar-refractivity contribution in [3.05, 3.63) is 79.5 Å². The maximum Gasteiger partial charge on any atom is 0.416 e. The van der Waals surface area contributed by atoms with E-state index in [-0.39, 0.29) is 48.4 Å². The van der Waals surface area contributed by atoms with Crippen LogP contribution < -0.4 is 10.2 Å². The fourth-order valence-corrected chi connectivity index (χ4v) is 5.43. The molecule has 0 fully saturated rings. The second-order valence-corrected chi connectivity index (χ2v) is 11.1. The summed E-state index contributed by atoms with van der Waals surface area (Å²) in [7, 11) is 0. The molecule has 2 aromatic carbocycles. The van der Waals surface area contributed by atoms with E-state index in [0.717, 1.165) is 10.0 Å². The molecule has 1 N–H and O–H groups in total. The van der Waals surface area contributed by atoms with E-state index >= 15 is 0 Å². The van der Waals surface area contributed by atoms with Crippen molar-refractivity contribution in [2.75, 3.05) is 16.8 Å². The maximum absolute atomic E-state index is 13.4. The van der Waals surface area contributed by atoms with Crippen molar-refractivity contribution in [2.45, 2.75) is 57.5 Å². The van der Waals surface area contributed by atoms with E-state index < -0.39 is 29.6 Å². The molecule has 1 amide bonds. The highest BCUT2D eigenvalue weighted by Gasteiger charge is 2.38. The van der Waals surface area contributed by atoms with E-state index in [1.165, 1.54) is 6.20 Å². The predicted octanol–water partition coefficient (Wildman–Crippen LogP) is 8.93. The van der Waals surface area contributed by atoms with Crippen LogP contribution in [-0.4, -0.2) is 28.7 Å². The van der Waals surface area contributed by atoms with Crippen LogP contribution in [0, 0.1) is 0 Å². The summed E-state index contributed by atoms with van der Waals surface area (Å²) < 4.78 is 86.5. The molecule has 41 heavy (non-hydrogen) atoms. The molecule has 0 aliphatic carbocycles. The molecule has 6 nitrogen and oxygen atoms in total. The first-order valence-electron chi connectivity index (χ1n) is 12.5. The number of halogens is 8. The van der Waals surface area contributed by atoms with Gasteiger partial charge in [0.05, 0.1) is 39.6 Å². The van der Waals surface area contributed by atoms with Gasteiger partial charge in [-0.2, -0.15) is 26.3 Å². The largest absolute Gasteiger partial charge is 0.449 e. The third-order valence-electron chi connectivity index (χ3n) is 6.57. The van der Waals surface area contributed by atoms with Crippen molar-refractivity contribution in [1.29, 1.82) is 0 Å². The van der Waals surface area contributed by atoms with Gasteiger partial charge in [0.1, 0.15) is 0 Å². The SMILES string of the molecule is CCOC(=O)N1c2ccc(Br)cc2C(Nc2ncc(Br)c(Cc3cc(C(F)(F)F)cc(C(F)(F)F)c3)n2)CC1CC. The molecule has 0 bridgehead atoms. The van der Waals surface area contributed by atoms with Gasteiger partial charge in [-0.05, 0) is 83.2 Å². The monoisotopic (exact) mass is 708 g/mol. The Hall–Kier alpha value is -2.87. The van der Waals surface area contributed by atoms with Gasteiger partial charge in [-0.25, -0.2) is 14.8 Å². The number of hydrogen-bond acceptors (Lipinski definition) is 5. The smallest absolute Gasteiger partial charge is 0.416 e. The highest BCUT2D eigenvalue weighted by molar-refractivity contribution is 9.10. The number of carbonyl (C=O) groups excluding carboxylic acids is 1. The number of nitrogens with zero attached hydrogens (tertiary/aromatic N) is 3. The molecule has 0 spiro atoms. The molecule has 1 aliphatic heterocycles. The zero-order chi connectivity index (χ0) is 30.1. The topological polar surface area (TPSA) is 67.3 Å². The Kier molecular flexibility index (Phi) is 9.22. The van der Waals surface area contributed by atoms with Crippen LogP contribution in [0.15, 0.2) is 51.5 Å². The summed E-state index contributed by atoms with van der Waals surface area (Å²) >= 11 is 6.72. The number of fused-ring (bicyclic) bond motifs is 1. The molecule has 2 atom stereocenters. The van der Waals surface area contributed by atoms with Gasteiger partial charge in [-0.1, -0.05) is 22.9 Å². The van der Waals surface area contributed by atoms with Gasteiger partial charge in [-0.15, -0.1) is 0 Å². The van der Waals surface area contributed by atoms with Crippen LogP contribution in [0.5, 0.6) is 0 Å². The number of hydrogen-bond donors (Lipinski definition) is 1. The number of rotatable bonds is 6. The van der Waals surface area contributed by atoms with E-state index in [9.17, 15) is 31.1 Å². The lowest BCUT2D eigenvalue weighted by molar-refractivity contribution is -0.143. The fourth-order valence-electron chi connectivity index (χ4n) is 4.72. The van der Waals surface area contributed by atoms with Gasteiger partial charge in [0.2, 0.25) is 5.95 Å². The van der Waals surface area contributed by atoms with Crippen LogP contribution in [0.2, 0.25) is 0 Å². The number of nitrogens with one attached hydrogen (secondary N) is 1. The molecule has 1 aliphatic rings. The van der Waals surface area contributed by atoms with E-state index in [4.69, 9.17) is 4.74 Å². The first-order valence-corrected chi connectivity index (χ1v) is 14.1. The molecule has 2 unspecified atom stereocenters. The summed E-state index contributed by atoms with van der Waals surface area (Å²) in [5.74, 6) is 0.126. The van der Waals surface area contributed by atoms with Crippen molar-refractivity contribution in [1.82, 2.24) is 9.97 Å². The van der Waals surface area contributed by atoms with Crippen molar-refractivity contribution >= 4 is 49.6 Å². The van der Waals surface area contributed by atoms with Crippen LogP contribution in [0.1, 0.15) is 60.7 Å². The van der Waals surface area contributed by atoms with Gasteiger partial charge in [0, 0.05) is 23.1 Å². The number of carbonyl (C=O) groups is 1. The molecule has 2 heterocycles. The zero-order valence-corrected chi connectivity index (χ0v) is 24.9. The number of alkyl halides is 6. The molecule has 0 saturated heterocycles. The number of amides is 1. The second-order valence-electron chi connectivity index (χ2n) is 9.35. The molecule has 3 aromatic rings. The third kappa shape index (κ3) is 7.14. The molecular formula is C27H24Br2F6N4O2. The summed E-state index contributed by atoms with van der Waals surface area (Å²) in [5.41, 5.74) is -1.40. The summed E-state index contributed by atoms with van der Waals surface area (Å²) in [6, 6.07) is 6.33. The van der Waals surface area contributed by atoms with Gasteiger partial charge >= 0.3 is 18.4 Å². The van der Waals surface area contributed by atoms with Crippen LogP contribution >= 0.6 is 31.9 Å². The molecule has 4 rings (SSSR count). The first-order chi connectivity index (χ1) is 19.2.